The van der Waals surface area contributed by atoms with Crippen molar-refractivity contribution in [1.29, 1.82) is 0 Å². The van der Waals surface area contributed by atoms with Gasteiger partial charge in [0.25, 0.3) is 0 Å². The first kappa shape index (κ1) is 7.95. The molecule has 0 N–H and O–H groups in total. The van der Waals surface area contributed by atoms with Crippen molar-refractivity contribution >= 4 is 27.5 Å². The minimum absolute atomic E-state index is 0.151. The number of alkyl halides is 1. The Kier molecular flexibility index (Phi) is 2.63. The van der Waals surface area contributed by atoms with Crippen LogP contribution in [0.1, 0.15) is 5.56 Å². The highest BCUT2D eigenvalue weighted by molar-refractivity contribution is 9.10. The van der Waals surface area contributed by atoms with Crippen LogP contribution in [0.5, 0.6) is 0 Å². The van der Waals surface area contributed by atoms with Crippen molar-refractivity contribution in [2.45, 2.75) is 5.88 Å². The lowest BCUT2D eigenvalue weighted by Gasteiger charge is -1.95. The molecule has 54 valence electrons. The summed E-state index contributed by atoms with van der Waals surface area (Å²) in [5.41, 5.74) is 0.413. The molecule has 1 aromatic heterocycles. The van der Waals surface area contributed by atoms with E-state index in [1.165, 1.54) is 6.20 Å². The van der Waals surface area contributed by atoms with Gasteiger partial charge in [-0.05, 0) is 22.0 Å². The molecule has 0 radical (unpaired) electrons. The number of pyridine rings is 1. The number of hydrogen-bond acceptors (Lipinski definition) is 1. The Morgan fingerprint density at radius 1 is 1.70 bits per heavy atom. The lowest BCUT2D eigenvalue weighted by Crippen LogP contribution is -1.89. The van der Waals surface area contributed by atoms with E-state index in [9.17, 15) is 4.39 Å². The van der Waals surface area contributed by atoms with Crippen LogP contribution in [-0.4, -0.2) is 4.98 Å². The van der Waals surface area contributed by atoms with Crippen LogP contribution < -0.4 is 0 Å². The Labute approximate surface area is 71.4 Å². The molecule has 0 amide bonds. The molecule has 0 aliphatic carbocycles. The van der Waals surface area contributed by atoms with Crippen molar-refractivity contribution in [2.24, 2.45) is 0 Å². The molecule has 0 unspecified atom stereocenters. The molecule has 0 aromatic carbocycles. The van der Waals surface area contributed by atoms with Crippen molar-refractivity contribution in [1.82, 2.24) is 4.98 Å². The van der Waals surface area contributed by atoms with E-state index in [1.54, 1.807) is 6.07 Å². The van der Waals surface area contributed by atoms with Gasteiger partial charge in [0.05, 0.1) is 5.88 Å². The van der Waals surface area contributed by atoms with Crippen molar-refractivity contribution < 1.29 is 4.39 Å². The Morgan fingerprint density at radius 3 is 2.90 bits per heavy atom. The second-order valence-corrected chi connectivity index (χ2v) is 2.92. The van der Waals surface area contributed by atoms with Gasteiger partial charge in [-0.1, -0.05) is 0 Å². The van der Waals surface area contributed by atoms with E-state index in [0.717, 1.165) is 4.47 Å². The Balaban J connectivity index is 3.09. The molecule has 1 nitrogen and oxygen atoms in total. The smallest absolute Gasteiger partial charge is 0.217 e. The molecule has 0 aliphatic heterocycles. The Morgan fingerprint density at radius 2 is 2.40 bits per heavy atom. The Hall–Kier alpha value is -0.150. The lowest BCUT2D eigenvalue weighted by molar-refractivity contribution is 0.572. The molecular formula is C6H4BrClFN. The fraction of sp³-hybridized carbons (Fsp3) is 0.167. The van der Waals surface area contributed by atoms with E-state index >= 15 is 0 Å². The molecule has 0 spiro atoms. The highest BCUT2D eigenvalue weighted by Gasteiger charge is 2.00. The summed E-state index contributed by atoms with van der Waals surface area (Å²) in [7, 11) is 0. The first-order valence-corrected chi connectivity index (χ1v) is 3.92. The highest BCUT2D eigenvalue weighted by atomic mass is 79.9. The zero-order valence-electron chi connectivity index (χ0n) is 4.94. The molecule has 0 bridgehead atoms. The first-order chi connectivity index (χ1) is 4.74. The molecule has 1 aromatic rings. The van der Waals surface area contributed by atoms with Gasteiger partial charge in [0.1, 0.15) is 0 Å². The van der Waals surface area contributed by atoms with Gasteiger partial charge in [-0.25, -0.2) is 4.98 Å². The zero-order valence-corrected chi connectivity index (χ0v) is 7.28. The van der Waals surface area contributed by atoms with Gasteiger partial charge >= 0.3 is 0 Å². The van der Waals surface area contributed by atoms with E-state index in [-0.39, 0.29) is 5.88 Å². The molecule has 4 heteroatoms. The van der Waals surface area contributed by atoms with Gasteiger partial charge in [-0.3, -0.25) is 0 Å². The van der Waals surface area contributed by atoms with E-state index < -0.39 is 5.95 Å². The number of rotatable bonds is 1. The third-order valence-electron chi connectivity index (χ3n) is 1.02. The molecule has 1 heterocycles. The Bertz CT molecular complexity index is 241. The predicted molar refractivity (Wildman–Crippen MR) is 41.5 cm³/mol. The number of aromatic nitrogens is 1. The summed E-state index contributed by atoms with van der Waals surface area (Å²) in [5.74, 6) is -0.351. The third-order valence-corrected chi connectivity index (χ3v) is 1.74. The van der Waals surface area contributed by atoms with E-state index in [2.05, 4.69) is 20.9 Å². The van der Waals surface area contributed by atoms with Crippen LogP contribution in [0, 0.1) is 5.95 Å². The van der Waals surface area contributed by atoms with Crippen molar-refractivity contribution in [3.05, 3.63) is 28.2 Å². The van der Waals surface area contributed by atoms with Crippen molar-refractivity contribution in [3.63, 3.8) is 0 Å². The number of nitrogens with zero attached hydrogens (tertiary/aromatic N) is 1. The maximum absolute atomic E-state index is 12.6. The topological polar surface area (TPSA) is 12.9 Å². The molecular weight excluding hydrogens is 220 g/mol. The molecule has 0 saturated heterocycles. The fourth-order valence-corrected chi connectivity index (χ4v) is 1.12. The summed E-state index contributed by atoms with van der Waals surface area (Å²) < 4.78 is 13.3. The fourth-order valence-electron chi connectivity index (χ4n) is 0.558. The van der Waals surface area contributed by atoms with Crippen LogP contribution in [0.4, 0.5) is 4.39 Å². The van der Waals surface area contributed by atoms with Crippen LogP contribution in [0.2, 0.25) is 0 Å². The van der Waals surface area contributed by atoms with Gasteiger partial charge in [0.15, 0.2) is 0 Å². The van der Waals surface area contributed by atoms with E-state index in [0.29, 0.717) is 5.56 Å². The molecule has 1 rings (SSSR count). The maximum Gasteiger partial charge on any atom is 0.217 e. The minimum atomic E-state index is -0.502. The predicted octanol–water partition coefficient (Wildman–Crippen LogP) is 2.72. The number of halogens is 3. The summed E-state index contributed by atoms with van der Waals surface area (Å²) in [6.45, 7) is 0. The SMILES string of the molecule is Fc1ncc(Br)cc1CCl. The summed E-state index contributed by atoms with van der Waals surface area (Å²) in [6, 6.07) is 1.61. The standard InChI is InChI=1S/C6H4BrClFN/c7-5-1-4(2-8)6(9)10-3-5/h1,3H,2H2. The molecule has 0 atom stereocenters. The van der Waals surface area contributed by atoms with Crippen molar-refractivity contribution in [3.8, 4) is 0 Å². The maximum atomic E-state index is 12.6. The van der Waals surface area contributed by atoms with Crippen molar-refractivity contribution in [2.75, 3.05) is 0 Å². The summed E-state index contributed by atoms with van der Waals surface area (Å²) in [6.07, 6.45) is 1.39. The van der Waals surface area contributed by atoms with Crippen LogP contribution in [-0.2, 0) is 5.88 Å². The minimum Gasteiger partial charge on any atom is -0.227 e. The van der Waals surface area contributed by atoms with Crippen LogP contribution in [0.15, 0.2) is 16.7 Å². The van der Waals surface area contributed by atoms with Crippen LogP contribution in [0.25, 0.3) is 0 Å². The van der Waals surface area contributed by atoms with E-state index in [1.807, 2.05) is 0 Å². The highest BCUT2D eigenvalue weighted by Crippen LogP contribution is 2.14. The van der Waals surface area contributed by atoms with Crippen LogP contribution >= 0.6 is 27.5 Å². The molecule has 10 heavy (non-hydrogen) atoms. The van der Waals surface area contributed by atoms with E-state index in [4.69, 9.17) is 11.6 Å². The van der Waals surface area contributed by atoms with Gasteiger partial charge in [-0.15, -0.1) is 11.6 Å². The van der Waals surface area contributed by atoms with Gasteiger partial charge < -0.3 is 0 Å². The quantitative estimate of drug-likeness (QED) is 0.528. The van der Waals surface area contributed by atoms with Gasteiger partial charge in [0.2, 0.25) is 5.95 Å². The average Bonchev–Trinajstić information content (AvgIpc) is 1.94. The lowest BCUT2D eigenvalue weighted by atomic mass is 10.3. The molecule has 0 aliphatic rings. The second-order valence-electron chi connectivity index (χ2n) is 1.74. The summed E-state index contributed by atoms with van der Waals surface area (Å²) in [5, 5.41) is 0. The first-order valence-electron chi connectivity index (χ1n) is 2.60. The molecule has 0 fully saturated rings. The van der Waals surface area contributed by atoms with Gasteiger partial charge in [-0.2, -0.15) is 4.39 Å². The molecule has 0 saturated carbocycles. The summed E-state index contributed by atoms with van der Waals surface area (Å²) in [4.78, 5) is 3.45. The van der Waals surface area contributed by atoms with Gasteiger partial charge in [0, 0.05) is 16.2 Å². The normalized spacial score (nSPS) is 9.90. The summed E-state index contributed by atoms with van der Waals surface area (Å²) >= 11 is 8.55. The largest absolute Gasteiger partial charge is 0.227 e. The second kappa shape index (κ2) is 3.30. The third kappa shape index (κ3) is 1.67. The zero-order chi connectivity index (χ0) is 7.56. The number of hydrogen-bond donors (Lipinski definition) is 0. The monoisotopic (exact) mass is 223 g/mol. The van der Waals surface area contributed by atoms with Crippen LogP contribution in [0.3, 0.4) is 0 Å². The average molecular weight is 224 g/mol.